The highest BCUT2D eigenvalue weighted by molar-refractivity contribution is 6.37. The number of nitrogens with one attached hydrogen (secondary N) is 1. The number of hydrogen-bond donors (Lipinski definition) is 1. The normalized spacial score (nSPS) is 10.8. The maximum absolute atomic E-state index is 12.2. The van der Waals surface area contributed by atoms with Crippen molar-refractivity contribution in [2.24, 2.45) is 0 Å². The summed E-state index contributed by atoms with van der Waals surface area (Å²) in [5.74, 6) is -0.231. The molecule has 112 valence electrons. The maximum atomic E-state index is 12.2. The molecule has 7 heteroatoms. The van der Waals surface area contributed by atoms with E-state index in [1.807, 2.05) is 12.1 Å². The van der Waals surface area contributed by atoms with Gasteiger partial charge in [-0.2, -0.15) is 8.78 Å². The van der Waals surface area contributed by atoms with Crippen LogP contribution in [0.4, 0.5) is 14.5 Å². The molecule has 2 aromatic carbocycles. The Morgan fingerprint density at radius 3 is 2.10 bits per heavy atom. The fourth-order valence-corrected chi connectivity index (χ4v) is 2.37. The summed E-state index contributed by atoms with van der Waals surface area (Å²) in [6.45, 7) is -2.47. The fourth-order valence-electron chi connectivity index (χ4n) is 1.67. The topological polar surface area (TPSA) is 21.3 Å². The van der Waals surface area contributed by atoms with Crippen LogP contribution in [0.1, 0.15) is 5.56 Å². The minimum atomic E-state index is -2.98. The molecule has 2 nitrogen and oxygen atoms in total. The molecule has 0 amide bonds. The number of alkyl halides is 2. The largest absolute Gasteiger partial charge is 0.432 e. The average Bonchev–Trinajstić information content (AvgIpc) is 2.42. The van der Waals surface area contributed by atoms with E-state index in [0.717, 1.165) is 5.56 Å². The lowest BCUT2D eigenvalue weighted by Crippen LogP contribution is -2.04. The number of ether oxygens (including phenoxy) is 1. The third-order valence-corrected chi connectivity index (χ3v) is 3.43. The van der Waals surface area contributed by atoms with Crippen molar-refractivity contribution in [3.05, 3.63) is 57.0 Å². The quantitative estimate of drug-likeness (QED) is 0.727. The SMILES string of the molecule is FC(F)Oc1c(Cl)cc(NCc2ccc(Cl)cc2)cc1Cl. The van der Waals surface area contributed by atoms with Gasteiger partial charge in [0.05, 0.1) is 10.0 Å². The summed E-state index contributed by atoms with van der Waals surface area (Å²) >= 11 is 17.6. The van der Waals surface area contributed by atoms with Crippen LogP contribution in [0.2, 0.25) is 15.1 Å². The van der Waals surface area contributed by atoms with Gasteiger partial charge in [0.2, 0.25) is 0 Å². The molecule has 0 aromatic heterocycles. The van der Waals surface area contributed by atoms with E-state index in [0.29, 0.717) is 17.3 Å². The predicted octanol–water partition coefficient (Wildman–Crippen LogP) is 5.86. The van der Waals surface area contributed by atoms with Gasteiger partial charge < -0.3 is 10.1 Å². The Morgan fingerprint density at radius 1 is 1.00 bits per heavy atom. The average molecular weight is 353 g/mol. The van der Waals surface area contributed by atoms with Gasteiger partial charge in [0, 0.05) is 17.3 Å². The molecular weight excluding hydrogens is 343 g/mol. The molecule has 2 rings (SSSR count). The van der Waals surface area contributed by atoms with Crippen molar-refractivity contribution >= 4 is 40.5 Å². The number of halogens is 5. The van der Waals surface area contributed by atoms with Crippen LogP contribution in [-0.4, -0.2) is 6.61 Å². The second kappa shape index (κ2) is 7.16. The van der Waals surface area contributed by atoms with Crippen molar-refractivity contribution in [1.29, 1.82) is 0 Å². The van der Waals surface area contributed by atoms with Gasteiger partial charge in [0.15, 0.2) is 5.75 Å². The van der Waals surface area contributed by atoms with Crippen LogP contribution >= 0.6 is 34.8 Å². The van der Waals surface area contributed by atoms with Crippen LogP contribution in [0, 0.1) is 0 Å². The first-order chi connectivity index (χ1) is 9.95. The summed E-state index contributed by atoms with van der Waals surface area (Å²) in [7, 11) is 0. The van der Waals surface area contributed by atoms with Crippen molar-refractivity contribution in [2.75, 3.05) is 5.32 Å². The van der Waals surface area contributed by atoms with Gasteiger partial charge in [-0.1, -0.05) is 46.9 Å². The first-order valence-electron chi connectivity index (χ1n) is 5.88. The van der Waals surface area contributed by atoms with Gasteiger partial charge in [-0.05, 0) is 29.8 Å². The molecule has 0 radical (unpaired) electrons. The molecule has 0 aliphatic rings. The fraction of sp³-hybridized carbons (Fsp3) is 0.143. The van der Waals surface area contributed by atoms with E-state index in [1.54, 1.807) is 12.1 Å². The summed E-state index contributed by atoms with van der Waals surface area (Å²) in [6, 6.07) is 10.2. The van der Waals surface area contributed by atoms with Crippen LogP contribution in [0.15, 0.2) is 36.4 Å². The van der Waals surface area contributed by atoms with E-state index < -0.39 is 6.61 Å². The van der Waals surface area contributed by atoms with Gasteiger partial charge in [-0.25, -0.2) is 0 Å². The van der Waals surface area contributed by atoms with Gasteiger partial charge in [0.25, 0.3) is 0 Å². The maximum Gasteiger partial charge on any atom is 0.387 e. The molecule has 0 aliphatic heterocycles. The van der Waals surface area contributed by atoms with Gasteiger partial charge in [0.1, 0.15) is 0 Å². The van der Waals surface area contributed by atoms with E-state index in [-0.39, 0.29) is 15.8 Å². The van der Waals surface area contributed by atoms with E-state index in [9.17, 15) is 8.78 Å². The summed E-state index contributed by atoms with van der Waals surface area (Å²) in [6.07, 6.45) is 0. The van der Waals surface area contributed by atoms with Crippen molar-refractivity contribution in [3.63, 3.8) is 0 Å². The third-order valence-electron chi connectivity index (χ3n) is 2.62. The highest BCUT2D eigenvalue weighted by Crippen LogP contribution is 2.37. The molecule has 0 heterocycles. The van der Waals surface area contributed by atoms with Gasteiger partial charge >= 0.3 is 6.61 Å². The third kappa shape index (κ3) is 4.63. The second-order valence-electron chi connectivity index (χ2n) is 4.13. The second-order valence-corrected chi connectivity index (χ2v) is 5.38. The Morgan fingerprint density at radius 2 is 1.57 bits per heavy atom. The van der Waals surface area contributed by atoms with Crippen LogP contribution in [0.25, 0.3) is 0 Å². The molecule has 0 fully saturated rings. The molecule has 2 aromatic rings. The first-order valence-corrected chi connectivity index (χ1v) is 7.01. The van der Waals surface area contributed by atoms with Crippen molar-refractivity contribution < 1.29 is 13.5 Å². The summed E-state index contributed by atoms with van der Waals surface area (Å²) in [4.78, 5) is 0. The standard InChI is InChI=1S/C14H10Cl3F2NO/c15-9-3-1-8(2-4-9)7-20-10-5-11(16)13(12(17)6-10)21-14(18)19/h1-6,14,20H,7H2. The van der Waals surface area contributed by atoms with Crippen LogP contribution in [0.3, 0.4) is 0 Å². The van der Waals surface area contributed by atoms with E-state index in [4.69, 9.17) is 34.8 Å². The summed E-state index contributed by atoms with van der Waals surface area (Å²) in [5.41, 5.74) is 1.60. The zero-order valence-electron chi connectivity index (χ0n) is 10.5. The first kappa shape index (κ1) is 16.1. The molecule has 0 saturated carbocycles. The molecule has 1 N–H and O–H groups in total. The smallest absolute Gasteiger partial charge is 0.387 e. The lowest BCUT2D eigenvalue weighted by atomic mass is 10.2. The molecule has 0 bridgehead atoms. The van der Waals surface area contributed by atoms with E-state index in [1.165, 1.54) is 12.1 Å². The van der Waals surface area contributed by atoms with Crippen LogP contribution in [0.5, 0.6) is 5.75 Å². The Kier molecular flexibility index (Phi) is 5.51. The molecule has 0 spiro atoms. The Hall–Kier alpha value is -1.23. The van der Waals surface area contributed by atoms with Crippen molar-refractivity contribution in [2.45, 2.75) is 13.2 Å². The Balaban J connectivity index is 2.09. The lowest BCUT2D eigenvalue weighted by molar-refractivity contribution is -0.0497. The highest BCUT2D eigenvalue weighted by atomic mass is 35.5. The lowest BCUT2D eigenvalue weighted by Gasteiger charge is -2.12. The zero-order chi connectivity index (χ0) is 15.4. The summed E-state index contributed by atoms with van der Waals surface area (Å²) < 4.78 is 28.7. The predicted molar refractivity (Wildman–Crippen MR) is 81.9 cm³/mol. The van der Waals surface area contributed by atoms with Crippen molar-refractivity contribution in [1.82, 2.24) is 0 Å². The van der Waals surface area contributed by atoms with Crippen LogP contribution in [-0.2, 0) is 6.54 Å². The minimum absolute atomic E-state index is 0.0152. The highest BCUT2D eigenvalue weighted by Gasteiger charge is 2.14. The van der Waals surface area contributed by atoms with E-state index in [2.05, 4.69) is 10.1 Å². The van der Waals surface area contributed by atoms with Gasteiger partial charge in [-0.3, -0.25) is 0 Å². The number of hydrogen-bond acceptors (Lipinski definition) is 2. The molecular formula is C14H10Cl3F2NO. The van der Waals surface area contributed by atoms with Gasteiger partial charge in [-0.15, -0.1) is 0 Å². The molecule has 0 unspecified atom stereocenters. The minimum Gasteiger partial charge on any atom is -0.432 e. The van der Waals surface area contributed by atoms with Crippen molar-refractivity contribution in [3.8, 4) is 5.75 Å². The molecule has 21 heavy (non-hydrogen) atoms. The van der Waals surface area contributed by atoms with E-state index >= 15 is 0 Å². The molecule has 0 atom stereocenters. The van der Waals surface area contributed by atoms with Crippen LogP contribution < -0.4 is 10.1 Å². The number of benzene rings is 2. The monoisotopic (exact) mass is 351 g/mol. The molecule has 0 aliphatic carbocycles. The Bertz CT molecular complexity index is 597. The molecule has 0 saturated heterocycles. The summed E-state index contributed by atoms with van der Waals surface area (Å²) in [5, 5.41) is 3.77. The number of anilines is 1. The number of rotatable bonds is 5. The Labute approximate surface area is 135 Å². The zero-order valence-corrected chi connectivity index (χ0v) is 12.8.